The van der Waals surface area contributed by atoms with Crippen molar-refractivity contribution in [3.63, 3.8) is 0 Å². The Morgan fingerprint density at radius 2 is 2.00 bits per heavy atom. The smallest absolute Gasteiger partial charge is 0.226 e. The van der Waals surface area contributed by atoms with Gasteiger partial charge in [-0.05, 0) is 64.2 Å². The molecule has 0 aliphatic heterocycles. The van der Waals surface area contributed by atoms with Crippen LogP contribution < -0.4 is 10.1 Å². The van der Waals surface area contributed by atoms with Gasteiger partial charge in [-0.25, -0.2) is 0 Å². The van der Waals surface area contributed by atoms with Gasteiger partial charge in [-0.1, -0.05) is 0 Å². The van der Waals surface area contributed by atoms with Crippen molar-refractivity contribution in [3.8, 4) is 5.75 Å². The minimum atomic E-state index is -0.255. The monoisotopic (exact) mass is 362 g/mol. The summed E-state index contributed by atoms with van der Waals surface area (Å²) in [6, 6.07) is 0. The lowest BCUT2D eigenvalue weighted by atomic mass is 9.49. The van der Waals surface area contributed by atoms with E-state index in [0.717, 1.165) is 54.7 Å². The fourth-order valence-electron chi connectivity index (χ4n) is 6.02. The zero-order valence-electron chi connectivity index (χ0n) is 15.3. The first kappa shape index (κ1) is 17.1. The van der Waals surface area contributed by atoms with Gasteiger partial charge in [-0.15, -0.1) is 11.6 Å². The van der Waals surface area contributed by atoms with E-state index in [-0.39, 0.29) is 16.2 Å². The van der Waals surface area contributed by atoms with Crippen molar-refractivity contribution in [3.05, 3.63) is 23.0 Å². The highest BCUT2D eigenvalue weighted by atomic mass is 35.5. The van der Waals surface area contributed by atoms with Gasteiger partial charge in [0.1, 0.15) is 5.75 Å². The molecule has 136 valence electrons. The number of nitrogens with one attached hydrogen (secondary N) is 1. The van der Waals surface area contributed by atoms with Crippen LogP contribution in [0.1, 0.15) is 55.3 Å². The number of hydrogen-bond donors (Lipinski definition) is 1. The summed E-state index contributed by atoms with van der Waals surface area (Å²) in [7, 11) is 1.67. The fraction of sp³-hybridized carbons (Fsp3) is 0.700. The number of halogens is 1. The highest BCUT2D eigenvalue weighted by Gasteiger charge is 2.59. The number of rotatable bonds is 4. The van der Waals surface area contributed by atoms with Gasteiger partial charge in [-0.3, -0.25) is 9.78 Å². The molecule has 4 aliphatic rings. The summed E-state index contributed by atoms with van der Waals surface area (Å²) in [5.41, 5.74) is 2.64. The number of pyridine rings is 1. The average Bonchev–Trinajstić information content (AvgIpc) is 2.52. The van der Waals surface area contributed by atoms with Crippen LogP contribution in [-0.4, -0.2) is 22.9 Å². The Kier molecular flexibility index (Phi) is 4.02. The summed E-state index contributed by atoms with van der Waals surface area (Å²) in [5, 5.41) is 3.17. The molecule has 25 heavy (non-hydrogen) atoms. The first-order valence-corrected chi connectivity index (χ1v) is 9.68. The Balaban J connectivity index is 1.50. The van der Waals surface area contributed by atoms with Crippen LogP contribution in [0.2, 0.25) is 0 Å². The number of aryl methyl sites for hydroxylation is 1. The van der Waals surface area contributed by atoms with Crippen LogP contribution in [0.15, 0.2) is 6.20 Å². The van der Waals surface area contributed by atoms with Gasteiger partial charge < -0.3 is 10.1 Å². The Morgan fingerprint density at radius 1 is 1.32 bits per heavy atom. The van der Waals surface area contributed by atoms with Crippen molar-refractivity contribution in [1.82, 2.24) is 10.3 Å². The van der Waals surface area contributed by atoms with Crippen LogP contribution in [0.4, 0.5) is 0 Å². The molecule has 2 atom stereocenters. The Labute approximate surface area is 154 Å². The molecule has 4 aliphatic carbocycles. The summed E-state index contributed by atoms with van der Waals surface area (Å²) >= 11 is 6.86. The van der Waals surface area contributed by atoms with Gasteiger partial charge >= 0.3 is 0 Å². The summed E-state index contributed by atoms with van der Waals surface area (Å²) in [6.45, 7) is 4.43. The van der Waals surface area contributed by atoms with Gasteiger partial charge in [-0.2, -0.15) is 0 Å². The van der Waals surface area contributed by atoms with Crippen molar-refractivity contribution >= 4 is 17.5 Å². The number of hydrogen-bond acceptors (Lipinski definition) is 3. The molecule has 0 unspecified atom stereocenters. The van der Waals surface area contributed by atoms with Crippen molar-refractivity contribution in [2.24, 2.45) is 17.3 Å². The van der Waals surface area contributed by atoms with E-state index in [9.17, 15) is 4.79 Å². The second-order valence-electron chi connectivity index (χ2n) is 8.62. The van der Waals surface area contributed by atoms with Crippen LogP contribution in [0, 0.1) is 31.1 Å². The van der Waals surface area contributed by atoms with E-state index in [1.165, 1.54) is 6.42 Å². The van der Waals surface area contributed by atoms with Crippen molar-refractivity contribution in [2.45, 2.75) is 63.8 Å². The van der Waals surface area contributed by atoms with E-state index >= 15 is 0 Å². The molecule has 1 aromatic rings. The molecule has 4 nitrogen and oxygen atoms in total. The van der Waals surface area contributed by atoms with E-state index in [1.54, 1.807) is 7.11 Å². The van der Waals surface area contributed by atoms with Crippen molar-refractivity contribution < 1.29 is 9.53 Å². The van der Waals surface area contributed by atoms with E-state index in [2.05, 4.69) is 10.3 Å². The normalized spacial score (nSPS) is 35.7. The SMILES string of the molecule is COc1c(C)cnc(CNC(=O)C23C[C@H]4C[C@@H](CC(Cl)(C4)C2)C3)c1C. The summed E-state index contributed by atoms with van der Waals surface area (Å²) in [4.78, 5) is 17.5. The first-order chi connectivity index (χ1) is 11.8. The van der Waals surface area contributed by atoms with Gasteiger partial charge in [0, 0.05) is 22.2 Å². The molecular weight excluding hydrogens is 336 g/mol. The minimum absolute atomic E-state index is 0.136. The lowest BCUT2D eigenvalue weighted by Gasteiger charge is -2.59. The second kappa shape index (κ2) is 5.87. The van der Waals surface area contributed by atoms with E-state index < -0.39 is 0 Å². The topological polar surface area (TPSA) is 51.2 Å². The maximum atomic E-state index is 13.1. The fourth-order valence-corrected chi connectivity index (χ4v) is 6.71. The van der Waals surface area contributed by atoms with Gasteiger partial charge in [0.25, 0.3) is 0 Å². The molecule has 1 N–H and O–H groups in total. The maximum Gasteiger partial charge on any atom is 0.226 e. The summed E-state index contributed by atoms with van der Waals surface area (Å²) in [6.07, 6.45) is 8.11. The van der Waals surface area contributed by atoms with E-state index in [1.807, 2.05) is 20.0 Å². The predicted molar refractivity (Wildman–Crippen MR) is 97.8 cm³/mol. The predicted octanol–water partition coefficient (Wildman–Crippen LogP) is 3.90. The standard InChI is InChI=1S/C20H27ClN2O2/c1-12-9-22-16(13(2)17(12)25-3)10-23-18(24)19-5-14-4-15(6-19)8-20(21,7-14)11-19/h9,14-15H,4-8,10-11H2,1-3H3,(H,23,24)/t14-,15-,19?,20?/m1/s1. The summed E-state index contributed by atoms with van der Waals surface area (Å²) in [5.74, 6) is 2.29. The number of amides is 1. The molecule has 0 aromatic carbocycles. The van der Waals surface area contributed by atoms with Crippen LogP contribution in [-0.2, 0) is 11.3 Å². The van der Waals surface area contributed by atoms with E-state index in [4.69, 9.17) is 16.3 Å². The Morgan fingerprint density at radius 3 is 2.60 bits per heavy atom. The maximum absolute atomic E-state index is 13.1. The minimum Gasteiger partial charge on any atom is -0.496 e. The number of nitrogens with zero attached hydrogens (tertiary/aromatic N) is 1. The highest BCUT2D eigenvalue weighted by molar-refractivity contribution is 6.24. The lowest BCUT2D eigenvalue weighted by molar-refractivity contribution is -0.144. The van der Waals surface area contributed by atoms with Crippen molar-refractivity contribution in [2.75, 3.05) is 7.11 Å². The molecule has 4 bridgehead atoms. The zero-order valence-corrected chi connectivity index (χ0v) is 16.1. The third-order valence-electron chi connectivity index (χ3n) is 6.64. The van der Waals surface area contributed by atoms with Crippen molar-refractivity contribution in [1.29, 1.82) is 0 Å². The molecule has 1 aromatic heterocycles. The number of methoxy groups -OCH3 is 1. The highest BCUT2D eigenvalue weighted by Crippen LogP contribution is 2.63. The van der Waals surface area contributed by atoms with E-state index in [0.29, 0.717) is 18.4 Å². The largest absolute Gasteiger partial charge is 0.496 e. The second-order valence-corrected chi connectivity index (χ2v) is 9.42. The molecule has 1 heterocycles. The van der Waals surface area contributed by atoms with Crippen LogP contribution >= 0.6 is 11.6 Å². The molecular formula is C20H27ClN2O2. The Bertz CT molecular complexity index is 704. The third-order valence-corrected chi connectivity index (χ3v) is 7.08. The van der Waals surface area contributed by atoms with Crippen LogP contribution in [0.5, 0.6) is 5.75 Å². The Hall–Kier alpha value is -1.29. The number of carbonyl (C=O) groups excluding carboxylic acids is 1. The molecule has 0 spiro atoms. The first-order valence-electron chi connectivity index (χ1n) is 9.30. The lowest BCUT2D eigenvalue weighted by Crippen LogP contribution is -2.58. The quantitative estimate of drug-likeness (QED) is 0.826. The molecule has 1 amide bonds. The molecule has 0 saturated heterocycles. The molecule has 4 saturated carbocycles. The van der Waals surface area contributed by atoms with Gasteiger partial charge in [0.15, 0.2) is 0 Å². The summed E-state index contributed by atoms with van der Waals surface area (Å²) < 4.78 is 5.47. The zero-order chi connectivity index (χ0) is 17.8. The van der Waals surface area contributed by atoms with Gasteiger partial charge in [0.2, 0.25) is 5.91 Å². The number of aromatic nitrogens is 1. The van der Waals surface area contributed by atoms with Crippen LogP contribution in [0.3, 0.4) is 0 Å². The number of carbonyl (C=O) groups is 1. The van der Waals surface area contributed by atoms with Gasteiger partial charge in [0.05, 0.1) is 24.8 Å². The average molecular weight is 363 g/mol. The number of alkyl halides is 1. The number of ether oxygens (including phenoxy) is 1. The molecule has 5 heteroatoms. The molecule has 4 fully saturated rings. The molecule has 0 radical (unpaired) electrons. The third kappa shape index (κ3) is 2.83. The molecule has 5 rings (SSSR count). The van der Waals surface area contributed by atoms with Crippen LogP contribution in [0.25, 0.3) is 0 Å².